The Kier molecular flexibility index (Phi) is 6.00. The Labute approximate surface area is 184 Å². The maximum Gasteiger partial charge on any atom is 0.273 e. The molecule has 1 saturated heterocycles. The third-order valence-electron chi connectivity index (χ3n) is 5.60. The molecule has 1 amide bonds. The predicted molar refractivity (Wildman–Crippen MR) is 116 cm³/mol. The number of morpholine rings is 1. The van der Waals surface area contributed by atoms with E-state index in [0.29, 0.717) is 37.4 Å². The molecule has 1 aromatic carbocycles. The Morgan fingerprint density at radius 2 is 1.94 bits per heavy atom. The highest BCUT2D eigenvalue weighted by Crippen LogP contribution is 2.40. The van der Waals surface area contributed by atoms with Gasteiger partial charge in [-0.3, -0.25) is 19.6 Å². The summed E-state index contributed by atoms with van der Waals surface area (Å²) in [6.07, 6.45) is 3.48. The topological polar surface area (TPSA) is 119 Å². The molecule has 9 nitrogen and oxygen atoms in total. The van der Waals surface area contributed by atoms with Crippen molar-refractivity contribution in [2.75, 3.05) is 31.0 Å². The summed E-state index contributed by atoms with van der Waals surface area (Å²) in [5.41, 5.74) is 1.43. The van der Waals surface area contributed by atoms with Gasteiger partial charge in [0.2, 0.25) is 0 Å². The lowest BCUT2D eigenvalue weighted by Gasteiger charge is -2.27. The second-order valence-corrected chi connectivity index (χ2v) is 10.4. The average molecular weight is 466 g/mol. The molecule has 1 fully saturated rings. The lowest BCUT2D eigenvalue weighted by atomic mass is 9.95. The van der Waals surface area contributed by atoms with E-state index in [1.54, 1.807) is 11.8 Å². The van der Waals surface area contributed by atoms with Gasteiger partial charge in [0.05, 0.1) is 28.6 Å². The van der Waals surface area contributed by atoms with E-state index in [0.717, 1.165) is 42.2 Å². The number of thiophene rings is 1. The van der Waals surface area contributed by atoms with Gasteiger partial charge in [0.1, 0.15) is 5.00 Å². The minimum Gasteiger partial charge on any atom is -0.378 e. The molecule has 2 heterocycles. The van der Waals surface area contributed by atoms with E-state index in [1.165, 1.54) is 23.5 Å². The Hall–Kier alpha value is -2.50. The number of nitro benzene ring substituents is 1. The van der Waals surface area contributed by atoms with Crippen molar-refractivity contribution in [3.63, 3.8) is 0 Å². The van der Waals surface area contributed by atoms with Crippen LogP contribution < -0.4 is 4.72 Å². The van der Waals surface area contributed by atoms with Gasteiger partial charge in [0.15, 0.2) is 0 Å². The van der Waals surface area contributed by atoms with Crippen molar-refractivity contribution in [1.29, 1.82) is 0 Å². The number of ether oxygens (including phenoxy) is 1. The molecule has 0 spiro atoms. The molecule has 4 rings (SSSR count). The Bertz CT molecular complexity index is 1140. The molecule has 1 aliphatic heterocycles. The highest BCUT2D eigenvalue weighted by Gasteiger charge is 2.31. The van der Waals surface area contributed by atoms with Crippen LogP contribution in [-0.2, 0) is 27.6 Å². The summed E-state index contributed by atoms with van der Waals surface area (Å²) in [7, 11) is -4.11. The van der Waals surface area contributed by atoms with Gasteiger partial charge in [-0.15, -0.1) is 11.3 Å². The zero-order valence-electron chi connectivity index (χ0n) is 17.0. The first kappa shape index (κ1) is 21.7. The maximum atomic E-state index is 13.3. The van der Waals surface area contributed by atoms with Gasteiger partial charge in [-0.2, -0.15) is 0 Å². The smallest absolute Gasteiger partial charge is 0.273 e. The highest BCUT2D eigenvalue weighted by atomic mass is 32.2. The minimum atomic E-state index is -4.11. The number of sulfonamides is 1. The molecular formula is C20H23N3O6S2. The lowest BCUT2D eigenvalue weighted by molar-refractivity contribution is -0.385. The molecule has 1 aromatic heterocycles. The fraction of sp³-hybridized carbons (Fsp3) is 0.450. The fourth-order valence-electron chi connectivity index (χ4n) is 3.92. The van der Waals surface area contributed by atoms with E-state index in [9.17, 15) is 23.3 Å². The van der Waals surface area contributed by atoms with Crippen molar-refractivity contribution in [3.8, 4) is 0 Å². The largest absolute Gasteiger partial charge is 0.378 e. The molecule has 166 valence electrons. The zero-order valence-corrected chi connectivity index (χ0v) is 18.7. The van der Waals surface area contributed by atoms with Gasteiger partial charge >= 0.3 is 0 Å². The first-order chi connectivity index (χ1) is 14.8. The maximum absolute atomic E-state index is 13.3. The van der Waals surface area contributed by atoms with Crippen molar-refractivity contribution in [2.24, 2.45) is 0 Å². The number of anilines is 1. The van der Waals surface area contributed by atoms with E-state index in [-0.39, 0.29) is 21.5 Å². The average Bonchev–Trinajstić information content (AvgIpc) is 3.10. The van der Waals surface area contributed by atoms with Crippen molar-refractivity contribution >= 4 is 38.0 Å². The molecule has 0 unspecified atom stereocenters. The van der Waals surface area contributed by atoms with Crippen LogP contribution >= 0.6 is 11.3 Å². The van der Waals surface area contributed by atoms with Gasteiger partial charge in [0, 0.05) is 29.6 Å². The fourth-order valence-corrected chi connectivity index (χ4v) is 6.53. The van der Waals surface area contributed by atoms with Crippen LogP contribution in [0.25, 0.3) is 0 Å². The SMILES string of the molecule is Cc1ccc(S(=O)(=O)Nc2sc3c(c2C(=O)N2CCOCC2)CCCC3)cc1[N+](=O)[O-]. The van der Waals surface area contributed by atoms with Crippen LogP contribution in [0.1, 0.15) is 39.2 Å². The predicted octanol–water partition coefficient (Wildman–Crippen LogP) is 3.12. The monoisotopic (exact) mass is 465 g/mol. The van der Waals surface area contributed by atoms with Gasteiger partial charge in [0.25, 0.3) is 21.6 Å². The third-order valence-corrected chi connectivity index (χ3v) is 8.28. The van der Waals surface area contributed by atoms with Gasteiger partial charge < -0.3 is 9.64 Å². The summed E-state index contributed by atoms with van der Waals surface area (Å²) in [5, 5.41) is 11.5. The molecule has 0 atom stereocenters. The van der Waals surface area contributed by atoms with E-state index < -0.39 is 14.9 Å². The highest BCUT2D eigenvalue weighted by molar-refractivity contribution is 7.93. The number of nitrogens with one attached hydrogen (secondary N) is 1. The summed E-state index contributed by atoms with van der Waals surface area (Å²) >= 11 is 1.29. The molecule has 31 heavy (non-hydrogen) atoms. The van der Waals surface area contributed by atoms with Crippen LogP contribution in [0.15, 0.2) is 23.1 Å². The number of hydrogen-bond donors (Lipinski definition) is 1. The number of hydrogen-bond acceptors (Lipinski definition) is 7. The Morgan fingerprint density at radius 3 is 2.65 bits per heavy atom. The summed E-state index contributed by atoms with van der Waals surface area (Å²) < 4.78 is 34.0. The normalized spacial score (nSPS) is 16.6. The second-order valence-electron chi connectivity index (χ2n) is 7.63. The summed E-state index contributed by atoms with van der Waals surface area (Å²) in [5.74, 6) is -0.199. The van der Waals surface area contributed by atoms with Gasteiger partial charge in [-0.05, 0) is 44.2 Å². The number of fused-ring (bicyclic) bond motifs is 1. The molecule has 0 bridgehead atoms. The van der Waals surface area contributed by atoms with E-state index in [4.69, 9.17) is 4.74 Å². The van der Waals surface area contributed by atoms with E-state index in [1.807, 2.05) is 0 Å². The van der Waals surface area contributed by atoms with Crippen LogP contribution in [-0.4, -0.2) is 50.5 Å². The van der Waals surface area contributed by atoms with Gasteiger partial charge in [-0.25, -0.2) is 8.42 Å². The first-order valence-corrected chi connectivity index (χ1v) is 12.4. The molecule has 2 aromatic rings. The van der Waals surface area contributed by atoms with Crippen LogP contribution in [0.2, 0.25) is 0 Å². The number of carbonyl (C=O) groups is 1. The number of carbonyl (C=O) groups excluding carboxylic acids is 1. The first-order valence-electron chi connectivity index (χ1n) is 10.1. The van der Waals surface area contributed by atoms with Crippen LogP contribution in [0.5, 0.6) is 0 Å². The number of amides is 1. The van der Waals surface area contributed by atoms with Crippen LogP contribution in [0.4, 0.5) is 10.7 Å². The Balaban J connectivity index is 1.72. The summed E-state index contributed by atoms with van der Waals surface area (Å²) in [6.45, 7) is 3.37. The van der Waals surface area contributed by atoms with Crippen molar-refractivity contribution < 1.29 is 22.9 Å². The number of nitro groups is 1. The van der Waals surface area contributed by atoms with Crippen molar-refractivity contribution in [2.45, 2.75) is 37.5 Å². The third kappa shape index (κ3) is 4.30. The molecule has 0 radical (unpaired) electrons. The Morgan fingerprint density at radius 1 is 1.23 bits per heavy atom. The summed E-state index contributed by atoms with van der Waals surface area (Å²) in [6, 6.07) is 3.79. The quantitative estimate of drug-likeness (QED) is 0.535. The van der Waals surface area contributed by atoms with Crippen LogP contribution in [0.3, 0.4) is 0 Å². The number of nitrogens with zero attached hydrogens (tertiary/aromatic N) is 2. The molecule has 2 aliphatic rings. The molecule has 11 heteroatoms. The molecule has 1 aliphatic carbocycles. The molecule has 0 saturated carbocycles. The van der Waals surface area contributed by atoms with Crippen molar-refractivity contribution in [3.05, 3.63) is 49.9 Å². The number of rotatable bonds is 5. The molecule has 1 N–H and O–H groups in total. The van der Waals surface area contributed by atoms with Crippen molar-refractivity contribution in [1.82, 2.24) is 4.90 Å². The van der Waals surface area contributed by atoms with Crippen LogP contribution in [0, 0.1) is 17.0 Å². The summed E-state index contributed by atoms with van der Waals surface area (Å²) in [4.78, 5) is 26.5. The van der Waals surface area contributed by atoms with E-state index in [2.05, 4.69) is 4.72 Å². The number of aryl methyl sites for hydroxylation is 2. The minimum absolute atomic E-state index is 0.199. The zero-order chi connectivity index (χ0) is 22.2. The molecular weight excluding hydrogens is 442 g/mol. The standard InChI is InChI=1S/C20H23N3O6S2/c1-13-6-7-14(12-16(13)23(25)26)31(27,28)21-19-18(15-4-2-3-5-17(15)30-19)20(24)22-8-10-29-11-9-22/h6-7,12,21H,2-5,8-11H2,1H3. The lowest BCUT2D eigenvalue weighted by Crippen LogP contribution is -2.41. The second kappa shape index (κ2) is 8.56. The van der Waals surface area contributed by atoms with Gasteiger partial charge in [-0.1, -0.05) is 6.07 Å². The number of benzene rings is 1. The van der Waals surface area contributed by atoms with E-state index >= 15 is 0 Å².